The van der Waals surface area contributed by atoms with Crippen molar-refractivity contribution in [3.05, 3.63) is 33.6 Å². The third-order valence-corrected chi connectivity index (χ3v) is 4.68. The van der Waals surface area contributed by atoms with Gasteiger partial charge < -0.3 is 4.57 Å². The zero-order valence-corrected chi connectivity index (χ0v) is 13.2. The van der Waals surface area contributed by atoms with Crippen LogP contribution in [-0.2, 0) is 25.9 Å². The molecule has 0 amide bonds. The summed E-state index contributed by atoms with van der Waals surface area (Å²) in [4.78, 5) is 4.73. The summed E-state index contributed by atoms with van der Waals surface area (Å²) in [5, 5.41) is 5.30. The third-order valence-electron chi connectivity index (χ3n) is 4.18. The molecule has 0 bridgehead atoms. The summed E-state index contributed by atoms with van der Waals surface area (Å²) in [6.07, 6.45) is 4.77. The molecule has 2 heterocycles. The smallest absolute Gasteiger partial charge is 0.106 e. The highest BCUT2D eigenvalue weighted by Gasteiger charge is 2.20. The molecule has 1 aliphatic rings. The molecule has 0 saturated carbocycles. The van der Waals surface area contributed by atoms with Gasteiger partial charge in [0.15, 0.2) is 0 Å². The minimum Gasteiger partial charge on any atom is -0.326 e. The van der Waals surface area contributed by atoms with Gasteiger partial charge in [0, 0.05) is 12.2 Å². The van der Waals surface area contributed by atoms with Gasteiger partial charge in [-0.15, -0.1) is 0 Å². The number of imidazole rings is 1. The summed E-state index contributed by atoms with van der Waals surface area (Å²) in [6, 6.07) is 0. The van der Waals surface area contributed by atoms with Crippen LogP contribution in [-0.4, -0.2) is 19.3 Å². The molecule has 0 radical (unpaired) electrons. The number of halogens is 1. The lowest BCUT2D eigenvalue weighted by Gasteiger charge is -2.15. The largest absolute Gasteiger partial charge is 0.326 e. The Hall–Kier alpha value is -1.29. The Morgan fingerprint density at radius 3 is 2.70 bits per heavy atom. The Bertz CT molecular complexity index is 639. The van der Waals surface area contributed by atoms with Crippen LogP contribution < -0.4 is 0 Å². The molecule has 0 saturated heterocycles. The number of rotatable bonds is 3. The zero-order valence-electron chi connectivity index (χ0n) is 12.4. The molecular formula is C15H21ClN4. The van der Waals surface area contributed by atoms with Crippen LogP contribution in [0.15, 0.2) is 0 Å². The van der Waals surface area contributed by atoms with Crippen LogP contribution in [0.1, 0.15) is 48.4 Å². The van der Waals surface area contributed by atoms with Crippen molar-refractivity contribution in [3.63, 3.8) is 0 Å². The standard InChI is InChI=1S/C15H21ClN4/c1-4-20-14(15(16)10(2)18-20)9-19-11(3)17-12-7-5-6-8-13(12)19/h4-9H2,1-3H3. The van der Waals surface area contributed by atoms with Crippen LogP contribution >= 0.6 is 11.6 Å². The second-order valence-electron chi connectivity index (χ2n) is 5.51. The number of fused-ring (bicyclic) bond motifs is 1. The molecule has 5 heteroatoms. The number of hydrogen-bond donors (Lipinski definition) is 0. The number of nitrogens with zero attached hydrogens (tertiary/aromatic N) is 4. The molecule has 3 rings (SSSR count). The molecule has 2 aromatic rings. The Morgan fingerprint density at radius 2 is 1.95 bits per heavy atom. The van der Waals surface area contributed by atoms with E-state index in [2.05, 4.69) is 23.5 Å². The van der Waals surface area contributed by atoms with Gasteiger partial charge in [0.1, 0.15) is 5.82 Å². The second-order valence-corrected chi connectivity index (χ2v) is 5.89. The van der Waals surface area contributed by atoms with Gasteiger partial charge in [-0.3, -0.25) is 4.68 Å². The molecule has 0 spiro atoms. The van der Waals surface area contributed by atoms with E-state index in [1.807, 2.05) is 11.6 Å². The highest BCUT2D eigenvalue weighted by molar-refractivity contribution is 6.31. The van der Waals surface area contributed by atoms with E-state index in [1.54, 1.807) is 0 Å². The molecule has 0 atom stereocenters. The summed E-state index contributed by atoms with van der Waals surface area (Å²) < 4.78 is 4.33. The predicted molar refractivity (Wildman–Crippen MR) is 80.4 cm³/mol. The lowest BCUT2D eigenvalue weighted by molar-refractivity contribution is 0.572. The van der Waals surface area contributed by atoms with Crippen LogP contribution in [0.4, 0.5) is 0 Å². The van der Waals surface area contributed by atoms with E-state index in [0.717, 1.165) is 48.2 Å². The first-order chi connectivity index (χ1) is 9.61. The molecule has 2 aromatic heterocycles. The quantitative estimate of drug-likeness (QED) is 0.870. The fourth-order valence-electron chi connectivity index (χ4n) is 3.12. The van der Waals surface area contributed by atoms with Crippen molar-refractivity contribution in [2.75, 3.05) is 0 Å². The molecule has 20 heavy (non-hydrogen) atoms. The number of hydrogen-bond acceptors (Lipinski definition) is 2. The third kappa shape index (κ3) is 2.16. The lowest BCUT2D eigenvalue weighted by atomic mass is 10.0. The Balaban J connectivity index is 2.02. The fraction of sp³-hybridized carbons (Fsp3) is 0.600. The summed E-state index contributed by atoms with van der Waals surface area (Å²) in [5.41, 5.74) is 4.69. The molecule has 0 aromatic carbocycles. The lowest BCUT2D eigenvalue weighted by Crippen LogP contribution is -2.13. The first kappa shape index (κ1) is 13.7. The van der Waals surface area contributed by atoms with Crippen molar-refractivity contribution in [2.24, 2.45) is 0 Å². The van der Waals surface area contributed by atoms with Crippen molar-refractivity contribution in [2.45, 2.75) is 59.5 Å². The van der Waals surface area contributed by atoms with Gasteiger partial charge in [-0.1, -0.05) is 11.6 Å². The highest BCUT2D eigenvalue weighted by atomic mass is 35.5. The summed E-state index contributed by atoms with van der Waals surface area (Å²) in [7, 11) is 0. The molecule has 0 N–H and O–H groups in total. The fourth-order valence-corrected chi connectivity index (χ4v) is 3.31. The SMILES string of the molecule is CCn1nc(C)c(Cl)c1Cn1c(C)nc2c1CCCC2. The normalized spacial score (nSPS) is 14.6. The van der Waals surface area contributed by atoms with Gasteiger partial charge >= 0.3 is 0 Å². The van der Waals surface area contributed by atoms with Crippen LogP contribution in [0.25, 0.3) is 0 Å². The summed E-state index contributed by atoms with van der Waals surface area (Å²) in [6.45, 7) is 7.78. The molecular weight excluding hydrogens is 272 g/mol. The average Bonchev–Trinajstić information content (AvgIpc) is 2.90. The van der Waals surface area contributed by atoms with Gasteiger partial charge in [0.2, 0.25) is 0 Å². The van der Waals surface area contributed by atoms with Crippen molar-refractivity contribution in [3.8, 4) is 0 Å². The molecule has 0 aliphatic heterocycles. The van der Waals surface area contributed by atoms with Gasteiger partial charge in [0.25, 0.3) is 0 Å². The molecule has 1 aliphatic carbocycles. The van der Waals surface area contributed by atoms with Gasteiger partial charge in [-0.25, -0.2) is 4.98 Å². The van der Waals surface area contributed by atoms with Crippen LogP contribution in [0.2, 0.25) is 5.02 Å². The number of aryl methyl sites for hydroxylation is 4. The van der Waals surface area contributed by atoms with Crippen molar-refractivity contribution >= 4 is 11.6 Å². The predicted octanol–water partition coefficient (Wildman–Crippen LogP) is 3.30. The minimum atomic E-state index is 0.779. The minimum absolute atomic E-state index is 0.779. The van der Waals surface area contributed by atoms with Gasteiger partial charge in [-0.05, 0) is 46.5 Å². The maximum Gasteiger partial charge on any atom is 0.106 e. The molecule has 4 nitrogen and oxygen atoms in total. The van der Waals surface area contributed by atoms with Crippen LogP contribution in [0.5, 0.6) is 0 Å². The summed E-state index contributed by atoms with van der Waals surface area (Å²) >= 11 is 6.43. The maximum absolute atomic E-state index is 6.43. The average molecular weight is 293 g/mol. The van der Waals surface area contributed by atoms with E-state index in [-0.39, 0.29) is 0 Å². The topological polar surface area (TPSA) is 35.6 Å². The van der Waals surface area contributed by atoms with E-state index < -0.39 is 0 Å². The van der Waals surface area contributed by atoms with E-state index >= 15 is 0 Å². The molecule has 0 unspecified atom stereocenters. The molecule has 0 fully saturated rings. The van der Waals surface area contributed by atoms with Crippen molar-refractivity contribution < 1.29 is 0 Å². The Labute approximate surface area is 124 Å². The van der Waals surface area contributed by atoms with Crippen molar-refractivity contribution in [1.29, 1.82) is 0 Å². The maximum atomic E-state index is 6.43. The van der Waals surface area contributed by atoms with E-state index in [9.17, 15) is 0 Å². The first-order valence-corrected chi connectivity index (χ1v) is 7.76. The monoisotopic (exact) mass is 292 g/mol. The Morgan fingerprint density at radius 1 is 1.20 bits per heavy atom. The molecule has 108 valence electrons. The van der Waals surface area contributed by atoms with E-state index in [0.29, 0.717) is 0 Å². The second kappa shape index (κ2) is 5.24. The van der Waals surface area contributed by atoms with E-state index in [4.69, 9.17) is 16.6 Å². The van der Waals surface area contributed by atoms with Gasteiger partial charge in [0.05, 0.1) is 28.6 Å². The summed E-state index contributed by atoms with van der Waals surface area (Å²) in [5.74, 6) is 1.09. The van der Waals surface area contributed by atoms with Crippen LogP contribution in [0, 0.1) is 13.8 Å². The number of aromatic nitrogens is 4. The van der Waals surface area contributed by atoms with E-state index in [1.165, 1.54) is 24.2 Å². The highest BCUT2D eigenvalue weighted by Crippen LogP contribution is 2.26. The first-order valence-electron chi connectivity index (χ1n) is 7.38. The van der Waals surface area contributed by atoms with Crippen molar-refractivity contribution in [1.82, 2.24) is 19.3 Å². The zero-order chi connectivity index (χ0) is 14.3. The van der Waals surface area contributed by atoms with Gasteiger partial charge in [-0.2, -0.15) is 5.10 Å². The van der Waals surface area contributed by atoms with Crippen LogP contribution in [0.3, 0.4) is 0 Å². The Kier molecular flexibility index (Phi) is 3.59.